The molecular weight excluding hydrogens is 468 g/mol. The molecule has 2 aliphatic heterocycles. The van der Waals surface area contributed by atoms with Gasteiger partial charge in [0.25, 0.3) is 0 Å². The third kappa shape index (κ3) is 3.94. The summed E-state index contributed by atoms with van der Waals surface area (Å²) in [6.07, 6.45) is 6.76. The van der Waals surface area contributed by atoms with Crippen molar-refractivity contribution in [2.24, 2.45) is 9.50 Å². The Morgan fingerprint density at radius 1 is 1.29 bits per heavy atom. The summed E-state index contributed by atoms with van der Waals surface area (Å²) in [6.45, 7) is 4.90. The summed E-state index contributed by atoms with van der Waals surface area (Å²) in [5.74, 6) is 0.687. The maximum atomic E-state index is 13.4. The standard InChI is InChI=1S/C24H32N6O4S/c1-14-6-7-16-8-15-4-3-5-19(15)22(21(14)16)27-24(31)28-35(25,32)20-9-26-30-10-17(13-34-23(20)30)29-11-18(12-29)33-2/h8-9,14,17-18H,3-7,10-13H2,1-2H3,(H3,25,27,28,31,32)/t14-,17-,35-/m0/s1. The van der Waals surface area contributed by atoms with E-state index in [0.717, 1.165) is 50.9 Å². The highest BCUT2D eigenvalue weighted by Crippen LogP contribution is 2.44. The number of methoxy groups -OCH3 is 1. The Hall–Kier alpha value is -2.47. The van der Waals surface area contributed by atoms with Crippen LogP contribution in [-0.2, 0) is 40.5 Å². The molecule has 4 aliphatic rings. The van der Waals surface area contributed by atoms with Gasteiger partial charge >= 0.3 is 6.03 Å². The molecule has 1 aromatic carbocycles. The van der Waals surface area contributed by atoms with Gasteiger partial charge < -0.3 is 14.8 Å². The fourth-order valence-electron chi connectivity index (χ4n) is 5.95. The minimum Gasteiger partial charge on any atom is -0.475 e. The van der Waals surface area contributed by atoms with Crippen LogP contribution in [0, 0.1) is 0 Å². The monoisotopic (exact) mass is 500 g/mol. The number of nitrogens with zero attached hydrogens (tertiary/aromatic N) is 4. The van der Waals surface area contributed by atoms with Gasteiger partial charge in [0, 0.05) is 25.9 Å². The second kappa shape index (κ2) is 8.58. The smallest absolute Gasteiger partial charge is 0.354 e. The number of urea groups is 1. The topological polar surface area (TPSA) is 124 Å². The Kier molecular flexibility index (Phi) is 5.63. The molecule has 1 aromatic heterocycles. The highest BCUT2D eigenvalue weighted by Gasteiger charge is 2.37. The van der Waals surface area contributed by atoms with Crippen LogP contribution in [0.1, 0.15) is 47.9 Å². The van der Waals surface area contributed by atoms with E-state index in [4.69, 9.17) is 14.6 Å². The molecule has 2 aromatic rings. The molecule has 3 heterocycles. The first-order chi connectivity index (χ1) is 16.8. The first kappa shape index (κ1) is 23.0. The van der Waals surface area contributed by atoms with Crippen LogP contribution in [0.25, 0.3) is 0 Å². The lowest BCUT2D eigenvalue weighted by atomic mass is 9.95. The molecule has 11 heteroatoms. The maximum Gasteiger partial charge on any atom is 0.354 e. The second-order valence-corrected chi connectivity index (χ2v) is 11.9. The summed E-state index contributed by atoms with van der Waals surface area (Å²) in [7, 11) is -1.82. The van der Waals surface area contributed by atoms with E-state index in [1.807, 2.05) is 0 Å². The molecule has 1 saturated heterocycles. The van der Waals surface area contributed by atoms with Gasteiger partial charge in [-0.05, 0) is 60.3 Å². The van der Waals surface area contributed by atoms with Gasteiger partial charge in [-0.2, -0.15) is 5.10 Å². The number of carbonyl (C=O) groups excluding carboxylic acids is 1. The predicted octanol–water partition coefficient (Wildman–Crippen LogP) is 2.45. The van der Waals surface area contributed by atoms with Crippen molar-refractivity contribution in [3.63, 3.8) is 0 Å². The van der Waals surface area contributed by atoms with Crippen molar-refractivity contribution in [3.8, 4) is 5.88 Å². The predicted molar refractivity (Wildman–Crippen MR) is 131 cm³/mol. The Morgan fingerprint density at radius 3 is 2.91 bits per heavy atom. The van der Waals surface area contributed by atoms with Crippen LogP contribution in [0.4, 0.5) is 10.5 Å². The number of aryl methyl sites for hydroxylation is 2. The number of carbonyl (C=O) groups is 1. The van der Waals surface area contributed by atoms with Crippen LogP contribution in [-0.4, -0.2) is 63.9 Å². The van der Waals surface area contributed by atoms with E-state index in [9.17, 15) is 9.00 Å². The molecule has 2 aliphatic carbocycles. The molecule has 6 rings (SSSR count). The van der Waals surface area contributed by atoms with Gasteiger partial charge in [0.15, 0.2) is 9.92 Å². The lowest BCUT2D eigenvalue weighted by molar-refractivity contribution is -0.0687. The minimum atomic E-state index is -3.54. The van der Waals surface area contributed by atoms with Gasteiger partial charge in [-0.1, -0.05) is 13.0 Å². The number of hydrogen-bond acceptors (Lipinski definition) is 6. The first-order valence-corrected chi connectivity index (χ1v) is 13.9. The molecule has 0 radical (unpaired) electrons. The third-order valence-electron chi connectivity index (χ3n) is 7.91. The van der Waals surface area contributed by atoms with Gasteiger partial charge in [-0.15, -0.1) is 4.36 Å². The minimum absolute atomic E-state index is 0.153. The SMILES string of the molecule is COC1CN([C@@H]2COc3c([S@@](N)(=O)=NC(=O)Nc4c5c(cc6c4[C@@H](C)CC6)CCC5)cnn3C2)C1. The zero-order valence-corrected chi connectivity index (χ0v) is 21.0. The van der Waals surface area contributed by atoms with E-state index < -0.39 is 15.9 Å². The zero-order chi connectivity index (χ0) is 24.3. The van der Waals surface area contributed by atoms with Crippen molar-refractivity contribution in [3.05, 3.63) is 34.5 Å². The van der Waals surface area contributed by atoms with Gasteiger partial charge in [-0.25, -0.2) is 18.8 Å². The van der Waals surface area contributed by atoms with Crippen LogP contribution < -0.4 is 15.2 Å². The molecule has 0 unspecified atom stereocenters. The van der Waals surface area contributed by atoms with E-state index in [1.54, 1.807) is 11.8 Å². The lowest BCUT2D eigenvalue weighted by Crippen LogP contribution is -2.59. The van der Waals surface area contributed by atoms with Crippen molar-refractivity contribution in [1.82, 2.24) is 14.7 Å². The number of ether oxygens (including phenoxy) is 2. The molecule has 0 spiro atoms. The number of likely N-dealkylation sites (tertiary alicyclic amines) is 1. The molecule has 188 valence electrons. The molecule has 0 bridgehead atoms. The molecule has 2 amide bonds. The Morgan fingerprint density at radius 2 is 2.11 bits per heavy atom. The van der Waals surface area contributed by atoms with Crippen molar-refractivity contribution in [1.29, 1.82) is 0 Å². The number of rotatable bonds is 4. The molecule has 0 saturated carbocycles. The maximum absolute atomic E-state index is 13.4. The van der Waals surface area contributed by atoms with Crippen LogP contribution in [0.2, 0.25) is 0 Å². The van der Waals surface area contributed by atoms with E-state index in [-0.39, 0.29) is 17.0 Å². The van der Waals surface area contributed by atoms with Crippen molar-refractivity contribution in [2.45, 2.75) is 68.5 Å². The number of fused-ring (bicyclic) bond motifs is 3. The first-order valence-electron chi connectivity index (χ1n) is 12.3. The van der Waals surface area contributed by atoms with E-state index in [0.29, 0.717) is 24.9 Å². The van der Waals surface area contributed by atoms with Crippen molar-refractivity contribution in [2.75, 3.05) is 32.1 Å². The molecule has 35 heavy (non-hydrogen) atoms. The second-order valence-electron chi connectivity index (χ2n) is 10.1. The molecule has 3 N–H and O–H groups in total. The number of amides is 2. The molecule has 10 nitrogen and oxygen atoms in total. The normalized spacial score (nSPS) is 25.1. The summed E-state index contributed by atoms with van der Waals surface area (Å²) in [4.78, 5) is 15.4. The van der Waals surface area contributed by atoms with Gasteiger partial charge in [0.2, 0.25) is 5.88 Å². The quantitative estimate of drug-likeness (QED) is 0.665. The van der Waals surface area contributed by atoms with Crippen LogP contribution in [0.5, 0.6) is 5.88 Å². The summed E-state index contributed by atoms with van der Waals surface area (Å²) < 4.78 is 30.3. The van der Waals surface area contributed by atoms with Crippen molar-refractivity contribution < 1.29 is 18.5 Å². The highest BCUT2D eigenvalue weighted by molar-refractivity contribution is 7.91. The largest absolute Gasteiger partial charge is 0.475 e. The van der Waals surface area contributed by atoms with Gasteiger partial charge in [0.05, 0.1) is 24.9 Å². The van der Waals surface area contributed by atoms with Gasteiger partial charge in [0.1, 0.15) is 11.5 Å². The highest BCUT2D eigenvalue weighted by atomic mass is 32.2. The lowest BCUT2D eigenvalue weighted by Gasteiger charge is -2.44. The number of benzene rings is 1. The number of hydrogen-bond donors (Lipinski definition) is 2. The van der Waals surface area contributed by atoms with Crippen molar-refractivity contribution >= 4 is 21.6 Å². The van der Waals surface area contributed by atoms with E-state index in [1.165, 1.54) is 28.5 Å². The number of anilines is 1. The van der Waals surface area contributed by atoms with Crippen LogP contribution in [0.3, 0.4) is 0 Å². The Balaban J connectivity index is 1.24. The van der Waals surface area contributed by atoms with E-state index in [2.05, 4.69) is 32.7 Å². The average molecular weight is 501 g/mol. The number of nitrogens with two attached hydrogens (primary N) is 1. The molecular formula is C24H32N6O4S. The summed E-state index contributed by atoms with van der Waals surface area (Å²) in [5, 5.41) is 13.4. The Labute approximate surface area is 205 Å². The van der Waals surface area contributed by atoms with Crippen LogP contribution in [0.15, 0.2) is 21.5 Å². The van der Waals surface area contributed by atoms with Crippen LogP contribution >= 0.6 is 0 Å². The average Bonchev–Trinajstić information content (AvgIpc) is 3.51. The van der Waals surface area contributed by atoms with E-state index >= 15 is 0 Å². The van der Waals surface area contributed by atoms with Gasteiger partial charge in [-0.3, -0.25) is 4.90 Å². The summed E-state index contributed by atoms with van der Waals surface area (Å²) >= 11 is 0. The fraction of sp³-hybridized carbons (Fsp3) is 0.583. The number of aromatic nitrogens is 2. The Bertz CT molecular complexity index is 1310. The summed E-state index contributed by atoms with van der Waals surface area (Å²) in [6, 6.07) is 1.76. The zero-order valence-electron chi connectivity index (χ0n) is 20.2. The third-order valence-corrected chi connectivity index (χ3v) is 9.26. The number of nitrogens with one attached hydrogen (secondary N) is 1. The fourth-order valence-corrected chi connectivity index (χ4v) is 6.96. The molecule has 3 atom stereocenters. The summed E-state index contributed by atoms with van der Waals surface area (Å²) in [5.41, 5.74) is 5.83. The molecule has 1 fully saturated rings.